The molecule has 0 saturated carbocycles. The highest BCUT2D eigenvalue weighted by Gasteiger charge is 2.17. The van der Waals surface area contributed by atoms with Crippen molar-refractivity contribution in [3.05, 3.63) is 50.9 Å². The number of nitrogens with two attached hydrogens (primary N) is 1. The molecular weight excluding hydrogens is 387 g/mol. The minimum Gasteiger partial charge on any atom is -0.398 e. The molecule has 8 heteroatoms. The van der Waals surface area contributed by atoms with Gasteiger partial charge in [0.2, 0.25) is 0 Å². The number of hydrogen-bond donors (Lipinski definition) is 2. The van der Waals surface area contributed by atoms with Crippen LogP contribution in [0.1, 0.15) is 0 Å². The second-order valence-corrected chi connectivity index (χ2v) is 7.33. The molecule has 0 spiro atoms. The summed E-state index contributed by atoms with van der Waals surface area (Å²) in [6.07, 6.45) is 0. The second kappa shape index (κ2) is 5.81. The molecule has 0 saturated heterocycles. The summed E-state index contributed by atoms with van der Waals surface area (Å²) in [5.41, 5.74) is 6.14. The highest BCUT2D eigenvalue weighted by Crippen LogP contribution is 2.29. The fraction of sp³-hybridized carbons (Fsp3) is 0. The van der Waals surface area contributed by atoms with Gasteiger partial charge in [0, 0.05) is 4.47 Å². The molecule has 4 nitrogen and oxygen atoms in total. The Kier molecular flexibility index (Phi) is 4.49. The maximum atomic E-state index is 12.2. The summed E-state index contributed by atoms with van der Waals surface area (Å²) in [5.74, 6) is 0. The minimum atomic E-state index is -3.78. The van der Waals surface area contributed by atoms with Crippen molar-refractivity contribution < 1.29 is 8.42 Å². The third-order valence-electron chi connectivity index (χ3n) is 2.46. The van der Waals surface area contributed by atoms with Crippen LogP contribution in [0, 0.1) is 0 Å². The average Bonchev–Trinajstić information content (AvgIpc) is 2.36. The molecule has 0 aliphatic heterocycles. The fourth-order valence-electron chi connectivity index (χ4n) is 1.45. The van der Waals surface area contributed by atoms with Crippen LogP contribution in [0.25, 0.3) is 0 Å². The Morgan fingerprint density at radius 2 is 1.75 bits per heavy atom. The number of benzene rings is 2. The van der Waals surface area contributed by atoms with Crippen molar-refractivity contribution >= 4 is 60.5 Å². The van der Waals surface area contributed by atoms with E-state index in [0.717, 1.165) is 4.47 Å². The summed E-state index contributed by atoms with van der Waals surface area (Å²) >= 11 is 15.0. The topological polar surface area (TPSA) is 72.2 Å². The van der Waals surface area contributed by atoms with Crippen molar-refractivity contribution in [3.8, 4) is 0 Å². The highest BCUT2D eigenvalue weighted by atomic mass is 79.9. The largest absolute Gasteiger partial charge is 0.398 e. The fourth-order valence-corrected chi connectivity index (χ4v) is 3.58. The number of nitrogens with one attached hydrogen (secondary N) is 1. The Morgan fingerprint density at radius 3 is 2.35 bits per heavy atom. The van der Waals surface area contributed by atoms with Crippen molar-refractivity contribution in [2.45, 2.75) is 4.90 Å². The third-order valence-corrected chi connectivity index (χ3v) is 4.95. The third kappa shape index (κ3) is 3.38. The van der Waals surface area contributed by atoms with Crippen molar-refractivity contribution in [1.82, 2.24) is 0 Å². The Bertz CT molecular complexity index is 766. The molecule has 0 aliphatic rings. The van der Waals surface area contributed by atoms with E-state index in [4.69, 9.17) is 28.9 Å². The zero-order valence-corrected chi connectivity index (χ0v) is 13.8. The van der Waals surface area contributed by atoms with Gasteiger partial charge in [-0.3, -0.25) is 4.72 Å². The summed E-state index contributed by atoms with van der Waals surface area (Å²) in [4.78, 5) is 0.00989. The number of rotatable bonds is 3. The lowest BCUT2D eigenvalue weighted by molar-refractivity contribution is 0.601. The van der Waals surface area contributed by atoms with Crippen LogP contribution < -0.4 is 10.5 Å². The van der Waals surface area contributed by atoms with Crippen molar-refractivity contribution in [1.29, 1.82) is 0 Å². The van der Waals surface area contributed by atoms with Crippen LogP contribution in [-0.2, 0) is 10.0 Å². The normalized spacial score (nSPS) is 11.3. The van der Waals surface area contributed by atoms with Gasteiger partial charge in [-0.05, 0) is 36.4 Å². The molecule has 0 atom stereocenters. The van der Waals surface area contributed by atoms with Gasteiger partial charge < -0.3 is 5.73 Å². The molecule has 106 valence electrons. The van der Waals surface area contributed by atoms with Crippen LogP contribution in [0.4, 0.5) is 11.4 Å². The molecular formula is C12H9BrCl2N2O2S. The first kappa shape index (κ1) is 15.4. The van der Waals surface area contributed by atoms with Crippen LogP contribution in [-0.4, -0.2) is 8.42 Å². The molecule has 0 unspecified atom stereocenters. The smallest absolute Gasteiger partial charge is 0.261 e. The average molecular weight is 396 g/mol. The molecule has 2 aromatic carbocycles. The second-order valence-electron chi connectivity index (χ2n) is 3.91. The number of halogens is 3. The molecule has 0 bridgehead atoms. The predicted molar refractivity (Wildman–Crippen MR) is 85.8 cm³/mol. The summed E-state index contributed by atoms with van der Waals surface area (Å²) in [5, 5.41) is 0.458. The molecule has 0 aliphatic carbocycles. The van der Waals surface area contributed by atoms with E-state index in [2.05, 4.69) is 20.7 Å². The maximum absolute atomic E-state index is 12.2. The highest BCUT2D eigenvalue weighted by molar-refractivity contribution is 9.10. The van der Waals surface area contributed by atoms with Crippen LogP contribution >= 0.6 is 39.1 Å². The molecule has 0 radical (unpaired) electrons. The van der Waals surface area contributed by atoms with E-state index in [1.807, 2.05) is 0 Å². The van der Waals surface area contributed by atoms with E-state index < -0.39 is 10.0 Å². The molecule has 20 heavy (non-hydrogen) atoms. The lowest BCUT2D eigenvalue weighted by Gasteiger charge is -2.10. The zero-order chi connectivity index (χ0) is 14.9. The Morgan fingerprint density at radius 1 is 1.05 bits per heavy atom. The van der Waals surface area contributed by atoms with Crippen molar-refractivity contribution in [2.24, 2.45) is 0 Å². The molecule has 2 rings (SSSR count). The van der Waals surface area contributed by atoms with Gasteiger partial charge in [-0.15, -0.1) is 0 Å². The predicted octanol–water partition coefficient (Wildman–Crippen LogP) is 4.14. The van der Waals surface area contributed by atoms with Gasteiger partial charge in [-0.25, -0.2) is 8.42 Å². The number of nitrogen functional groups attached to an aromatic ring is 1. The maximum Gasteiger partial charge on any atom is 0.261 e. The standard InChI is InChI=1S/C12H9BrCl2N2O2S/c13-7-1-4-12(10(15)5-7)17-20(18,19)8-2-3-11(16)9(14)6-8/h1-6,17H,16H2. The monoisotopic (exact) mass is 394 g/mol. The lowest BCUT2D eigenvalue weighted by atomic mass is 10.3. The van der Waals surface area contributed by atoms with E-state index in [9.17, 15) is 8.42 Å². The quantitative estimate of drug-likeness (QED) is 0.767. The van der Waals surface area contributed by atoms with Gasteiger partial charge in [0.15, 0.2) is 0 Å². The van der Waals surface area contributed by atoms with Gasteiger partial charge in [0.25, 0.3) is 10.0 Å². The van der Waals surface area contributed by atoms with Crippen LogP contribution in [0.3, 0.4) is 0 Å². The Hall–Kier alpha value is -0.950. The van der Waals surface area contributed by atoms with Gasteiger partial charge in [-0.1, -0.05) is 39.1 Å². The number of hydrogen-bond acceptors (Lipinski definition) is 3. The number of sulfonamides is 1. The first-order valence-corrected chi connectivity index (χ1v) is 8.36. The zero-order valence-electron chi connectivity index (χ0n) is 9.90. The SMILES string of the molecule is Nc1ccc(S(=O)(=O)Nc2ccc(Br)cc2Cl)cc1Cl. The number of anilines is 2. The van der Waals surface area contributed by atoms with Crippen molar-refractivity contribution in [3.63, 3.8) is 0 Å². The van der Waals surface area contributed by atoms with E-state index >= 15 is 0 Å². The Labute approximate surface area is 135 Å². The van der Waals surface area contributed by atoms with Crippen LogP contribution in [0.5, 0.6) is 0 Å². The molecule has 0 fully saturated rings. The van der Waals surface area contributed by atoms with Crippen molar-refractivity contribution in [2.75, 3.05) is 10.5 Å². The van der Waals surface area contributed by atoms with Crippen LogP contribution in [0.2, 0.25) is 10.0 Å². The van der Waals surface area contributed by atoms with E-state index in [1.54, 1.807) is 18.2 Å². The molecule has 2 aromatic rings. The summed E-state index contributed by atoms with van der Waals surface area (Å²) in [6, 6.07) is 8.92. The van der Waals surface area contributed by atoms with Crippen LogP contribution in [0.15, 0.2) is 45.8 Å². The molecule has 3 N–H and O–H groups in total. The summed E-state index contributed by atoms with van der Waals surface area (Å²) in [7, 11) is -3.78. The summed E-state index contributed by atoms with van der Waals surface area (Å²) < 4.78 is 27.6. The van der Waals surface area contributed by atoms with E-state index in [1.165, 1.54) is 18.2 Å². The van der Waals surface area contributed by atoms with Gasteiger partial charge in [0.05, 0.1) is 26.3 Å². The van der Waals surface area contributed by atoms with Gasteiger partial charge >= 0.3 is 0 Å². The lowest BCUT2D eigenvalue weighted by Crippen LogP contribution is -2.13. The van der Waals surface area contributed by atoms with E-state index in [-0.39, 0.29) is 20.6 Å². The minimum absolute atomic E-state index is 0.00989. The van der Waals surface area contributed by atoms with E-state index in [0.29, 0.717) is 5.69 Å². The molecule has 0 amide bonds. The summed E-state index contributed by atoms with van der Waals surface area (Å²) in [6.45, 7) is 0. The Balaban J connectivity index is 2.38. The molecule has 0 aromatic heterocycles. The first-order valence-electron chi connectivity index (χ1n) is 5.32. The molecule has 0 heterocycles. The first-order chi connectivity index (χ1) is 9.29. The van der Waals surface area contributed by atoms with Gasteiger partial charge in [0.1, 0.15) is 0 Å². The van der Waals surface area contributed by atoms with Gasteiger partial charge in [-0.2, -0.15) is 0 Å².